The lowest BCUT2D eigenvalue weighted by Gasteiger charge is -2.46. The van der Waals surface area contributed by atoms with Gasteiger partial charge in [-0.15, -0.1) is 0 Å². The summed E-state index contributed by atoms with van der Waals surface area (Å²) < 4.78 is 33.7. The van der Waals surface area contributed by atoms with Crippen LogP contribution in [0.4, 0.5) is 5.82 Å². The van der Waals surface area contributed by atoms with E-state index in [1.54, 1.807) is 0 Å². The third-order valence-electron chi connectivity index (χ3n) is 6.31. The first-order valence-corrected chi connectivity index (χ1v) is 13.4. The van der Waals surface area contributed by atoms with Gasteiger partial charge in [0.05, 0.1) is 25.4 Å². The number of ether oxygens (including phenoxy) is 2. The number of aliphatic carboxylic acids is 1. The molecule has 3 rings (SSSR count). The molecule has 21 heteroatoms. The average molecular weight is 614 g/mol. The van der Waals surface area contributed by atoms with Crippen molar-refractivity contribution in [1.29, 1.82) is 0 Å². The maximum atomic E-state index is 12.8. The van der Waals surface area contributed by atoms with Gasteiger partial charge >= 0.3 is 19.5 Å². The van der Waals surface area contributed by atoms with Crippen molar-refractivity contribution in [3.63, 3.8) is 0 Å². The van der Waals surface area contributed by atoms with Gasteiger partial charge in [-0.2, -0.15) is 4.98 Å². The van der Waals surface area contributed by atoms with Gasteiger partial charge in [-0.25, -0.2) is 18.7 Å². The van der Waals surface area contributed by atoms with Crippen molar-refractivity contribution in [3.8, 4) is 0 Å². The molecule has 2 aliphatic heterocycles. The second kappa shape index (κ2) is 12.7. The number of aliphatic hydroxyl groups is 6. The molecule has 0 aromatic carbocycles. The van der Waals surface area contributed by atoms with Crippen molar-refractivity contribution in [1.82, 2.24) is 14.9 Å². The molecule has 2 unspecified atom stereocenters. The number of nitrogens with two attached hydrogens (primary N) is 1. The zero-order chi connectivity index (χ0) is 30.9. The fourth-order valence-corrected chi connectivity index (χ4v) is 5.27. The molecule has 0 aliphatic carbocycles. The van der Waals surface area contributed by atoms with Crippen LogP contribution in [0.5, 0.6) is 0 Å². The molecular formula is C20H31N4O16P. The summed E-state index contributed by atoms with van der Waals surface area (Å²) in [6.45, 7) is -1.05. The number of hydrogen-bond donors (Lipinski definition) is 10. The number of rotatable bonds is 11. The number of carbonyl (C=O) groups is 2. The van der Waals surface area contributed by atoms with Crippen molar-refractivity contribution in [2.45, 2.75) is 74.1 Å². The zero-order valence-electron chi connectivity index (χ0n) is 21.2. The Labute approximate surface area is 230 Å². The highest BCUT2D eigenvalue weighted by Crippen LogP contribution is 2.51. The normalized spacial score (nSPS) is 34.9. The van der Waals surface area contributed by atoms with Gasteiger partial charge < -0.3 is 61.2 Å². The van der Waals surface area contributed by atoms with Gasteiger partial charge in [0, 0.05) is 19.5 Å². The van der Waals surface area contributed by atoms with E-state index in [0.29, 0.717) is 0 Å². The maximum absolute atomic E-state index is 12.8. The molecule has 41 heavy (non-hydrogen) atoms. The number of anilines is 1. The van der Waals surface area contributed by atoms with Crippen LogP contribution in [0.1, 0.15) is 19.6 Å². The van der Waals surface area contributed by atoms with Gasteiger partial charge in [-0.05, 0) is 6.07 Å². The van der Waals surface area contributed by atoms with Gasteiger partial charge in [0.15, 0.2) is 6.23 Å². The lowest BCUT2D eigenvalue weighted by atomic mass is 9.88. The lowest BCUT2D eigenvalue weighted by Crippen LogP contribution is -2.67. The molecule has 0 radical (unpaired) electrons. The molecule has 232 valence electrons. The smallest absolute Gasteiger partial charge is 0.475 e. The van der Waals surface area contributed by atoms with Crippen molar-refractivity contribution in [2.24, 2.45) is 0 Å². The van der Waals surface area contributed by atoms with Crippen LogP contribution in [0.2, 0.25) is 0 Å². The van der Waals surface area contributed by atoms with Crippen LogP contribution >= 0.6 is 7.82 Å². The van der Waals surface area contributed by atoms with Gasteiger partial charge in [0.1, 0.15) is 42.4 Å². The molecule has 20 nitrogen and oxygen atoms in total. The number of nitrogens with one attached hydrogen (secondary N) is 1. The minimum absolute atomic E-state index is 0.135. The van der Waals surface area contributed by atoms with Crippen LogP contribution in [-0.2, 0) is 32.7 Å². The Morgan fingerprint density at radius 3 is 2.54 bits per heavy atom. The molecule has 1 aromatic rings. The summed E-state index contributed by atoms with van der Waals surface area (Å²) in [7, 11) is -5.52. The number of amides is 1. The topological polar surface area (TPSA) is 323 Å². The highest BCUT2D eigenvalue weighted by molar-refractivity contribution is 7.47. The number of carbonyl (C=O) groups excluding carboxylic acids is 1. The molecule has 0 bridgehead atoms. The number of nitrogens with zero attached hydrogens (tertiary/aromatic N) is 2. The van der Waals surface area contributed by atoms with E-state index in [0.717, 1.165) is 17.7 Å². The Balaban J connectivity index is 1.79. The molecule has 11 atom stereocenters. The molecule has 2 fully saturated rings. The number of phosphoric ester groups is 1. The standard InChI is InChI=1S/C20H31N4O16P/c1-7(26)22-12-8(27)4-20(18(32)33,39-16(12)13(29)9(28)5-25)40-41(35,36)37-6-10-14(30)15(31)17(38-10)24-3-2-11(21)23-19(24)34/h2-3,8-10,12-17,25,27-31H,4-6H2,1H3,(H,22,26)(H,32,33)(H,35,36)(H2,21,23,34)/t8-,9+,10+,12+,13+,14+,15+,16?,17+,20+/m0/s1. The third kappa shape index (κ3) is 7.25. The molecule has 0 saturated carbocycles. The van der Waals surface area contributed by atoms with Gasteiger partial charge in [-0.1, -0.05) is 0 Å². The van der Waals surface area contributed by atoms with Crippen LogP contribution in [-0.4, -0.2) is 130 Å². The number of carboxylic acids is 1. The fourth-order valence-electron chi connectivity index (χ4n) is 4.32. The summed E-state index contributed by atoms with van der Waals surface area (Å²) in [5, 5.41) is 72.7. The lowest BCUT2D eigenvalue weighted by molar-refractivity contribution is -0.289. The van der Waals surface area contributed by atoms with E-state index in [-0.39, 0.29) is 5.82 Å². The van der Waals surface area contributed by atoms with Crippen LogP contribution in [0.3, 0.4) is 0 Å². The summed E-state index contributed by atoms with van der Waals surface area (Å²) in [5.74, 6) is -6.20. The van der Waals surface area contributed by atoms with E-state index in [4.69, 9.17) is 24.3 Å². The zero-order valence-corrected chi connectivity index (χ0v) is 22.1. The van der Waals surface area contributed by atoms with E-state index in [1.807, 2.05) is 0 Å². The molecular weight excluding hydrogens is 583 g/mol. The van der Waals surface area contributed by atoms with Crippen LogP contribution < -0.4 is 16.7 Å². The molecule has 0 spiro atoms. The van der Waals surface area contributed by atoms with Gasteiger partial charge in [0.25, 0.3) is 5.79 Å². The van der Waals surface area contributed by atoms with Crippen molar-refractivity contribution >= 4 is 25.5 Å². The summed E-state index contributed by atoms with van der Waals surface area (Å²) in [6.07, 6.45) is -14.6. The molecule has 1 aromatic heterocycles. The highest BCUT2D eigenvalue weighted by Gasteiger charge is 2.59. The number of carboxylic acid groups (broad SMARTS) is 1. The van der Waals surface area contributed by atoms with Gasteiger partial charge in [-0.3, -0.25) is 13.9 Å². The number of aliphatic hydroxyl groups excluding tert-OH is 6. The number of nitrogen functional groups attached to an aromatic ring is 1. The van der Waals surface area contributed by atoms with E-state index in [2.05, 4.69) is 10.3 Å². The van der Waals surface area contributed by atoms with Crippen LogP contribution in [0.15, 0.2) is 17.1 Å². The van der Waals surface area contributed by atoms with E-state index in [9.17, 15) is 59.6 Å². The highest BCUT2D eigenvalue weighted by atomic mass is 31.2. The number of aromatic nitrogens is 2. The van der Waals surface area contributed by atoms with E-state index < -0.39 is 106 Å². The molecule has 2 aliphatic rings. The predicted molar refractivity (Wildman–Crippen MR) is 128 cm³/mol. The first-order valence-electron chi connectivity index (χ1n) is 11.9. The Kier molecular flexibility index (Phi) is 10.2. The Morgan fingerprint density at radius 2 is 1.98 bits per heavy atom. The van der Waals surface area contributed by atoms with Crippen molar-refractivity contribution in [2.75, 3.05) is 18.9 Å². The summed E-state index contributed by atoms with van der Waals surface area (Å²) in [6, 6.07) is -0.362. The Bertz CT molecular complexity index is 1220. The minimum Gasteiger partial charge on any atom is -0.477 e. The summed E-state index contributed by atoms with van der Waals surface area (Å²) in [5.41, 5.74) is 4.46. The van der Waals surface area contributed by atoms with Crippen molar-refractivity contribution < 1.29 is 73.3 Å². The maximum Gasteiger partial charge on any atom is 0.475 e. The Hall–Kier alpha value is -2.59. The molecule has 11 N–H and O–H groups in total. The minimum atomic E-state index is -5.52. The quantitative estimate of drug-likeness (QED) is 0.104. The third-order valence-corrected chi connectivity index (χ3v) is 7.32. The van der Waals surface area contributed by atoms with E-state index in [1.165, 1.54) is 6.07 Å². The predicted octanol–water partition coefficient (Wildman–Crippen LogP) is -5.27. The molecule has 1 amide bonds. The SMILES string of the molecule is CC(=O)N[C@H]1C([C@H](O)[C@H](O)CO)O[C@](OP(=O)(O)OC[C@H]2O[C@@H](n3ccc(N)nc3=O)[C@H](O)[C@@H]2O)(C(=O)O)C[C@@H]1O. The van der Waals surface area contributed by atoms with Gasteiger partial charge in [0.2, 0.25) is 5.91 Å². The monoisotopic (exact) mass is 614 g/mol. The number of hydrogen-bond acceptors (Lipinski definition) is 16. The second-order valence-corrected chi connectivity index (χ2v) is 10.7. The summed E-state index contributed by atoms with van der Waals surface area (Å²) >= 11 is 0. The fraction of sp³-hybridized carbons (Fsp3) is 0.700. The molecule has 2 saturated heterocycles. The summed E-state index contributed by atoms with van der Waals surface area (Å²) in [4.78, 5) is 49.6. The Morgan fingerprint density at radius 1 is 1.32 bits per heavy atom. The van der Waals surface area contributed by atoms with Crippen LogP contribution in [0, 0.1) is 0 Å². The first kappa shape index (κ1) is 32.9. The van der Waals surface area contributed by atoms with E-state index >= 15 is 0 Å². The van der Waals surface area contributed by atoms with Crippen LogP contribution in [0.25, 0.3) is 0 Å². The largest absolute Gasteiger partial charge is 0.477 e. The number of phosphoric acid groups is 1. The first-order chi connectivity index (χ1) is 19.0. The van der Waals surface area contributed by atoms with Crippen molar-refractivity contribution in [3.05, 3.63) is 22.7 Å². The molecule has 3 heterocycles. The second-order valence-electron chi connectivity index (χ2n) is 9.32. The average Bonchev–Trinajstić information content (AvgIpc) is 3.16.